The Balaban J connectivity index is 3.38. The van der Waals surface area contributed by atoms with Gasteiger partial charge in [-0.05, 0) is 38.8 Å². The molecule has 0 aromatic rings. The molecule has 0 aromatic carbocycles. The van der Waals surface area contributed by atoms with Crippen LogP contribution in [0.3, 0.4) is 0 Å². The number of hydrogen-bond donors (Lipinski definition) is 5. The fraction of sp³-hybridized carbons (Fsp3) is 0.538. The molecule has 1 rings (SSSR count). The summed E-state index contributed by atoms with van der Waals surface area (Å²) in [5.41, 5.74) is 19.7. The van der Waals surface area contributed by atoms with E-state index in [1.54, 1.807) is 20.8 Å². The lowest BCUT2D eigenvalue weighted by atomic mass is 10.0. The molecule has 0 bridgehead atoms. The molecule has 0 saturated heterocycles. The van der Waals surface area contributed by atoms with E-state index in [4.69, 9.17) is 44.0 Å². The van der Waals surface area contributed by atoms with Gasteiger partial charge in [0.1, 0.15) is 11.5 Å². The molecule has 1 unspecified atom stereocenters. The van der Waals surface area contributed by atoms with E-state index in [0.717, 1.165) is 0 Å². The molecule has 9 N–H and O–H groups in total. The van der Waals surface area contributed by atoms with Crippen molar-refractivity contribution in [2.45, 2.75) is 37.1 Å². The Morgan fingerprint density at radius 1 is 1.19 bits per heavy atom. The first-order valence-corrected chi connectivity index (χ1v) is 9.02. The minimum atomic E-state index is -2.33. The SMILES string of the molecule is CSC(NC(=O)C1=C(N)N=C(N)C(Cl)N1C(C)(C)C)(OC(N)=O)OC(N)=O. The van der Waals surface area contributed by atoms with E-state index in [0.29, 0.717) is 11.8 Å². The monoisotopic (exact) mass is 423 g/mol. The van der Waals surface area contributed by atoms with Gasteiger partial charge in [0.2, 0.25) is 0 Å². The number of alkyl halides is 1. The number of rotatable bonds is 5. The summed E-state index contributed by atoms with van der Waals surface area (Å²) in [6, 6.07) is 0. The van der Waals surface area contributed by atoms with Gasteiger partial charge in [-0.2, -0.15) is 0 Å². The smallest absolute Gasteiger partial charge is 0.384 e. The van der Waals surface area contributed by atoms with Crippen molar-refractivity contribution >= 4 is 47.3 Å². The molecule has 1 atom stereocenters. The highest BCUT2D eigenvalue weighted by Crippen LogP contribution is 2.31. The molecule has 0 aromatic heterocycles. The second kappa shape index (κ2) is 8.00. The molecule has 0 fully saturated rings. The van der Waals surface area contributed by atoms with Crippen LogP contribution in [0.15, 0.2) is 16.5 Å². The second-order valence-corrected chi connectivity index (χ2v) is 7.56. The molecular weight excluding hydrogens is 402 g/mol. The molecule has 0 aliphatic carbocycles. The van der Waals surface area contributed by atoms with E-state index in [9.17, 15) is 14.4 Å². The van der Waals surface area contributed by atoms with Crippen molar-refractivity contribution in [3.63, 3.8) is 0 Å². The van der Waals surface area contributed by atoms with Crippen molar-refractivity contribution in [2.24, 2.45) is 27.9 Å². The topological polar surface area (TPSA) is 201 Å². The van der Waals surface area contributed by atoms with Crippen molar-refractivity contribution in [2.75, 3.05) is 6.26 Å². The standard InChI is InChI=1S/C13H22ClN7O5S/c1-12(2,3)21-5(7(15)19-8(16)6(21)14)9(22)20-13(27-4,25-10(17)23)26-11(18)24/h6H,15H2,1-4H3,(H2,16,19)(H2,17,23)(H2,18,24)(H,20,22). The molecule has 3 amide bonds. The summed E-state index contributed by atoms with van der Waals surface area (Å²) in [4.78, 5) is 40.6. The Labute approximate surface area is 164 Å². The van der Waals surface area contributed by atoms with Crippen LogP contribution < -0.4 is 28.3 Å². The third-order valence-corrected chi connectivity index (χ3v) is 4.37. The number of ether oxygens (including phenoxy) is 2. The first kappa shape index (κ1) is 22.5. The molecule has 12 nitrogen and oxygen atoms in total. The molecule has 0 radical (unpaired) electrons. The minimum absolute atomic E-state index is 0.0152. The van der Waals surface area contributed by atoms with Crippen LogP contribution in [0.4, 0.5) is 9.59 Å². The number of amides is 3. The number of aliphatic imine (C=N–C) groups is 1. The zero-order chi connectivity index (χ0) is 21.2. The summed E-state index contributed by atoms with van der Waals surface area (Å²) >= 11 is 6.90. The molecule has 0 saturated carbocycles. The number of amidine groups is 1. The van der Waals surface area contributed by atoms with Gasteiger partial charge in [0, 0.05) is 5.54 Å². The van der Waals surface area contributed by atoms with E-state index in [1.807, 2.05) is 0 Å². The first-order valence-electron chi connectivity index (χ1n) is 7.36. The third kappa shape index (κ3) is 5.23. The van der Waals surface area contributed by atoms with E-state index < -0.39 is 34.4 Å². The third-order valence-electron chi connectivity index (χ3n) is 3.15. The van der Waals surface area contributed by atoms with Gasteiger partial charge in [-0.3, -0.25) is 10.1 Å². The van der Waals surface area contributed by atoms with Crippen LogP contribution in [0.25, 0.3) is 0 Å². The first-order chi connectivity index (χ1) is 12.2. The van der Waals surface area contributed by atoms with Gasteiger partial charge in [0.15, 0.2) is 11.3 Å². The maximum Gasteiger partial charge on any atom is 0.409 e. The number of nitrogens with one attached hydrogen (secondary N) is 1. The molecule has 1 heterocycles. The van der Waals surface area contributed by atoms with E-state index in [2.05, 4.69) is 10.3 Å². The second-order valence-electron chi connectivity index (χ2n) is 6.20. The number of carbonyl (C=O) groups excluding carboxylic acids is 3. The molecule has 152 valence electrons. The zero-order valence-electron chi connectivity index (χ0n) is 15.1. The highest BCUT2D eigenvalue weighted by atomic mass is 35.5. The molecule has 14 heteroatoms. The maximum absolute atomic E-state index is 12.9. The predicted molar refractivity (Wildman–Crippen MR) is 99.8 cm³/mol. The fourth-order valence-electron chi connectivity index (χ4n) is 2.18. The molecular formula is C13H22ClN7O5S. The lowest BCUT2D eigenvalue weighted by molar-refractivity contribution is -0.141. The zero-order valence-corrected chi connectivity index (χ0v) is 16.7. The van der Waals surface area contributed by atoms with Crippen molar-refractivity contribution in [1.29, 1.82) is 0 Å². The quantitative estimate of drug-likeness (QED) is 0.218. The molecule has 27 heavy (non-hydrogen) atoms. The lowest BCUT2D eigenvalue weighted by Gasteiger charge is -2.43. The summed E-state index contributed by atoms with van der Waals surface area (Å²) in [5.74, 6) is -1.19. The summed E-state index contributed by atoms with van der Waals surface area (Å²) in [5, 5.41) is -0.123. The molecule has 1 aliphatic rings. The van der Waals surface area contributed by atoms with E-state index in [1.165, 1.54) is 11.2 Å². The van der Waals surface area contributed by atoms with Crippen LogP contribution in [-0.4, -0.2) is 51.4 Å². The normalized spacial score (nSPS) is 17.9. The van der Waals surface area contributed by atoms with Crippen LogP contribution >= 0.6 is 23.4 Å². The number of nitrogens with zero attached hydrogens (tertiary/aromatic N) is 2. The fourth-order valence-corrected chi connectivity index (χ4v) is 3.15. The number of carbonyl (C=O) groups is 3. The van der Waals surface area contributed by atoms with Gasteiger partial charge in [-0.25, -0.2) is 14.6 Å². The van der Waals surface area contributed by atoms with Gasteiger partial charge in [0.25, 0.3) is 5.91 Å². The van der Waals surface area contributed by atoms with Gasteiger partial charge in [-0.15, -0.1) is 0 Å². The summed E-state index contributed by atoms with van der Waals surface area (Å²) in [6.07, 6.45) is -1.30. The minimum Gasteiger partial charge on any atom is -0.384 e. The summed E-state index contributed by atoms with van der Waals surface area (Å²) in [6.45, 7) is 5.26. The number of hydrogen-bond acceptors (Lipinski definition) is 10. The van der Waals surface area contributed by atoms with Gasteiger partial charge < -0.3 is 37.3 Å². The van der Waals surface area contributed by atoms with Gasteiger partial charge >= 0.3 is 17.4 Å². The van der Waals surface area contributed by atoms with Crippen LogP contribution in [0.1, 0.15) is 20.8 Å². The highest BCUT2D eigenvalue weighted by molar-refractivity contribution is 7.99. The van der Waals surface area contributed by atoms with E-state index in [-0.39, 0.29) is 17.4 Å². The molecule has 1 aliphatic heterocycles. The van der Waals surface area contributed by atoms with E-state index >= 15 is 0 Å². The van der Waals surface area contributed by atoms with Crippen molar-refractivity contribution < 1.29 is 23.9 Å². The summed E-state index contributed by atoms with van der Waals surface area (Å²) in [7, 11) is 0. The number of halogens is 1. The Hall–Kier alpha value is -2.54. The average molecular weight is 424 g/mol. The van der Waals surface area contributed by atoms with Crippen molar-refractivity contribution in [3.05, 3.63) is 11.5 Å². The number of primary amides is 2. The Bertz CT molecular complexity index is 690. The number of nitrogens with two attached hydrogens (primary N) is 4. The van der Waals surface area contributed by atoms with Crippen LogP contribution in [0.5, 0.6) is 0 Å². The van der Waals surface area contributed by atoms with Crippen LogP contribution in [0, 0.1) is 0 Å². The lowest BCUT2D eigenvalue weighted by Crippen LogP contribution is -2.59. The number of thioether (sulfide) groups is 1. The largest absolute Gasteiger partial charge is 0.409 e. The van der Waals surface area contributed by atoms with Gasteiger partial charge in [0.05, 0.1) is 0 Å². The summed E-state index contributed by atoms with van der Waals surface area (Å²) < 4.78 is 9.47. The Morgan fingerprint density at radius 2 is 1.67 bits per heavy atom. The Morgan fingerprint density at radius 3 is 2.04 bits per heavy atom. The van der Waals surface area contributed by atoms with Crippen molar-refractivity contribution in [3.8, 4) is 0 Å². The predicted octanol–water partition coefficient (Wildman–Crippen LogP) is -0.568. The Kier molecular flexibility index (Phi) is 6.67. The highest BCUT2D eigenvalue weighted by Gasteiger charge is 2.45. The maximum atomic E-state index is 12.9. The van der Waals surface area contributed by atoms with Crippen LogP contribution in [0.2, 0.25) is 0 Å². The van der Waals surface area contributed by atoms with Gasteiger partial charge in [-0.1, -0.05) is 11.6 Å². The average Bonchev–Trinajstić information content (AvgIpc) is 2.47. The van der Waals surface area contributed by atoms with Crippen molar-refractivity contribution in [1.82, 2.24) is 10.2 Å². The molecule has 0 spiro atoms. The van der Waals surface area contributed by atoms with Crippen LogP contribution in [-0.2, 0) is 14.3 Å².